The second-order valence-electron chi connectivity index (χ2n) is 4.02. The smallest absolute Gasteiger partial charge is 0.306 e. The molecule has 1 aliphatic rings. The molecule has 0 atom stereocenters. The Hall–Kier alpha value is -1.36. The van der Waals surface area contributed by atoms with Crippen LogP contribution in [-0.2, 0) is 0 Å². The van der Waals surface area contributed by atoms with Crippen LogP contribution < -0.4 is 4.74 Å². The van der Waals surface area contributed by atoms with E-state index in [4.69, 9.17) is 16.3 Å². The molecule has 1 saturated carbocycles. The van der Waals surface area contributed by atoms with E-state index in [1.54, 1.807) is 0 Å². The largest absolute Gasteiger partial charge is 0.486 e. The summed E-state index contributed by atoms with van der Waals surface area (Å²) in [5.74, 6) is -0.891. The third-order valence-electron chi connectivity index (χ3n) is 2.53. The van der Waals surface area contributed by atoms with Crippen LogP contribution in [0, 0.1) is 15.9 Å². The zero-order valence-electron chi connectivity index (χ0n) is 8.50. The Morgan fingerprint density at radius 1 is 1.56 bits per heavy atom. The third kappa shape index (κ3) is 1.95. The fraction of sp³-hybridized carbons (Fsp3) is 0.400. The van der Waals surface area contributed by atoms with Crippen molar-refractivity contribution >= 4 is 17.3 Å². The summed E-state index contributed by atoms with van der Waals surface area (Å²) in [5, 5.41) is 10.1. The number of nitro benzene ring substituents is 1. The molecule has 0 saturated heterocycles. The zero-order chi connectivity index (χ0) is 11.9. The maximum absolute atomic E-state index is 13.5. The first-order valence-electron chi connectivity index (χ1n) is 4.74. The Morgan fingerprint density at radius 2 is 2.19 bits per heavy atom. The normalized spacial score (nSPS) is 16.9. The number of hydrogen-bond donors (Lipinski definition) is 0. The Labute approximate surface area is 96.1 Å². The van der Waals surface area contributed by atoms with E-state index < -0.39 is 16.4 Å². The van der Waals surface area contributed by atoms with Crippen molar-refractivity contribution in [3.63, 3.8) is 0 Å². The summed E-state index contributed by atoms with van der Waals surface area (Å²) in [6.45, 7) is 1.88. The highest BCUT2D eigenvalue weighted by molar-refractivity contribution is 6.32. The molecule has 4 nitrogen and oxygen atoms in total. The quantitative estimate of drug-likeness (QED) is 0.606. The molecule has 2 rings (SSSR count). The molecule has 0 unspecified atom stereocenters. The molecule has 0 heterocycles. The summed E-state index contributed by atoms with van der Waals surface area (Å²) in [6.07, 6.45) is 1.75. The summed E-state index contributed by atoms with van der Waals surface area (Å²) >= 11 is 5.67. The SMILES string of the molecule is CC1(Oc2ccc([N+](=O)[O-])c(F)c2Cl)CC1. The molecule has 16 heavy (non-hydrogen) atoms. The number of rotatable bonds is 3. The zero-order valence-corrected chi connectivity index (χ0v) is 9.25. The minimum absolute atomic E-state index is 0.157. The molecule has 1 aromatic rings. The van der Waals surface area contributed by atoms with Crippen molar-refractivity contribution < 1.29 is 14.1 Å². The summed E-state index contributed by atoms with van der Waals surface area (Å²) < 4.78 is 18.9. The number of ether oxygens (including phenoxy) is 1. The van der Waals surface area contributed by atoms with Gasteiger partial charge in [0, 0.05) is 6.07 Å². The van der Waals surface area contributed by atoms with Crippen LogP contribution in [0.1, 0.15) is 19.8 Å². The lowest BCUT2D eigenvalue weighted by Gasteiger charge is -2.13. The molecule has 0 radical (unpaired) electrons. The van der Waals surface area contributed by atoms with Crippen LogP contribution in [0.5, 0.6) is 5.75 Å². The third-order valence-corrected chi connectivity index (χ3v) is 2.89. The van der Waals surface area contributed by atoms with Crippen LogP contribution >= 0.6 is 11.6 Å². The van der Waals surface area contributed by atoms with Gasteiger partial charge in [0.1, 0.15) is 16.4 Å². The molecule has 1 aliphatic carbocycles. The van der Waals surface area contributed by atoms with Crippen LogP contribution in [0.3, 0.4) is 0 Å². The first-order valence-corrected chi connectivity index (χ1v) is 5.12. The van der Waals surface area contributed by atoms with E-state index in [1.165, 1.54) is 6.07 Å². The lowest BCUT2D eigenvalue weighted by molar-refractivity contribution is -0.387. The number of nitro groups is 1. The van der Waals surface area contributed by atoms with E-state index in [1.807, 2.05) is 6.92 Å². The maximum Gasteiger partial charge on any atom is 0.306 e. The van der Waals surface area contributed by atoms with Crippen molar-refractivity contribution in [1.29, 1.82) is 0 Å². The average Bonchev–Trinajstić information content (AvgIpc) is 2.91. The molecule has 6 heteroatoms. The minimum Gasteiger partial charge on any atom is -0.486 e. The second-order valence-corrected chi connectivity index (χ2v) is 4.40. The Kier molecular flexibility index (Phi) is 2.50. The van der Waals surface area contributed by atoms with Gasteiger partial charge in [-0.3, -0.25) is 10.1 Å². The van der Waals surface area contributed by atoms with E-state index in [-0.39, 0.29) is 16.4 Å². The van der Waals surface area contributed by atoms with Crippen molar-refractivity contribution in [2.75, 3.05) is 0 Å². The fourth-order valence-electron chi connectivity index (χ4n) is 1.28. The fourth-order valence-corrected chi connectivity index (χ4v) is 1.48. The summed E-state index contributed by atoms with van der Waals surface area (Å²) in [6, 6.07) is 2.38. The summed E-state index contributed by atoms with van der Waals surface area (Å²) in [7, 11) is 0. The molecule has 0 N–H and O–H groups in total. The van der Waals surface area contributed by atoms with Gasteiger partial charge < -0.3 is 4.74 Å². The monoisotopic (exact) mass is 245 g/mol. The first-order chi connectivity index (χ1) is 7.43. The number of halogens is 2. The van der Waals surface area contributed by atoms with Gasteiger partial charge in [0.05, 0.1) is 4.92 Å². The molecular formula is C10H9ClFNO3. The molecule has 1 fully saturated rings. The highest BCUT2D eigenvalue weighted by Gasteiger charge is 2.41. The van der Waals surface area contributed by atoms with Gasteiger partial charge >= 0.3 is 5.69 Å². The number of hydrogen-bond acceptors (Lipinski definition) is 3. The number of benzene rings is 1. The van der Waals surface area contributed by atoms with Crippen LogP contribution in [0.15, 0.2) is 12.1 Å². The van der Waals surface area contributed by atoms with Crippen molar-refractivity contribution in [2.45, 2.75) is 25.4 Å². The van der Waals surface area contributed by atoms with Crippen LogP contribution in [0.4, 0.5) is 10.1 Å². The average molecular weight is 246 g/mol. The van der Waals surface area contributed by atoms with Crippen LogP contribution in [0.2, 0.25) is 5.02 Å². The van der Waals surface area contributed by atoms with E-state index in [0.29, 0.717) is 0 Å². The summed E-state index contributed by atoms with van der Waals surface area (Å²) in [5.41, 5.74) is -0.940. The minimum atomic E-state index is -1.05. The van der Waals surface area contributed by atoms with Gasteiger partial charge in [-0.25, -0.2) is 0 Å². The van der Waals surface area contributed by atoms with E-state index in [9.17, 15) is 14.5 Å². The Morgan fingerprint density at radius 3 is 2.69 bits per heavy atom. The topological polar surface area (TPSA) is 52.4 Å². The van der Waals surface area contributed by atoms with Gasteiger partial charge in [-0.2, -0.15) is 4.39 Å². The number of nitrogens with zero attached hydrogens (tertiary/aromatic N) is 1. The molecular weight excluding hydrogens is 237 g/mol. The van der Waals surface area contributed by atoms with Gasteiger partial charge in [-0.15, -0.1) is 0 Å². The lowest BCUT2D eigenvalue weighted by Crippen LogP contribution is -2.12. The van der Waals surface area contributed by atoms with E-state index in [0.717, 1.165) is 18.9 Å². The predicted octanol–water partition coefficient (Wildman–Crippen LogP) is 3.32. The molecule has 0 aromatic heterocycles. The molecule has 0 amide bonds. The Balaban J connectivity index is 2.34. The Bertz CT molecular complexity index is 460. The summed E-state index contributed by atoms with van der Waals surface area (Å²) in [4.78, 5) is 9.63. The highest BCUT2D eigenvalue weighted by atomic mass is 35.5. The molecule has 86 valence electrons. The lowest BCUT2D eigenvalue weighted by atomic mass is 10.3. The molecule has 0 aliphatic heterocycles. The van der Waals surface area contributed by atoms with Gasteiger partial charge in [-0.1, -0.05) is 11.6 Å². The van der Waals surface area contributed by atoms with Crippen molar-refractivity contribution in [1.82, 2.24) is 0 Å². The van der Waals surface area contributed by atoms with Gasteiger partial charge in [0.25, 0.3) is 0 Å². The van der Waals surface area contributed by atoms with Crippen molar-refractivity contribution in [2.24, 2.45) is 0 Å². The first kappa shape index (κ1) is 11.1. The van der Waals surface area contributed by atoms with Gasteiger partial charge in [-0.05, 0) is 25.8 Å². The molecule has 0 spiro atoms. The second kappa shape index (κ2) is 3.59. The van der Waals surface area contributed by atoms with Crippen molar-refractivity contribution in [3.8, 4) is 5.75 Å². The molecule has 0 bridgehead atoms. The van der Waals surface area contributed by atoms with Crippen LogP contribution in [-0.4, -0.2) is 10.5 Å². The van der Waals surface area contributed by atoms with E-state index in [2.05, 4.69) is 0 Å². The standard InChI is InChI=1S/C10H9ClFNO3/c1-10(4-5-10)16-7-3-2-6(13(14)15)9(12)8(7)11/h2-3H,4-5H2,1H3. The van der Waals surface area contributed by atoms with Crippen molar-refractivity contribution in [3.05, 3.63) is 33.1 Å². The van der Waals surface area contributed by atoms with Gasteiger partial charge in [0.2, 0.25) is 5.82 Å². The molecule has 1 aromatic carbocycles. The van der Waals surface area contributed by atoms with Gasteiger partial charge in [0.15, 0.2) is 0 Å². The maximum atomic E-state index is 13.5. The van der Waals surface area contributed by atoms with E-state index >= 15 is 0 Å². The highest BCUT2D eigenvalue weighted by Crippen LogP contribution is 2.43. The van der Waals surface area contributed by atoms with Crippen LogP contribution in [0.25, 0.3) is 0 Å². The predicted molar refractivity (Wildman–Crippen MR) is 56.3 cm³/mol.